The highest BCUT2D eigenvalue weighted by atomic mass is 16.5. The number of methoxy groups -OCH3 is 2. The lowest BCUT2D eigenvalue weighted by Gasteiger charge is -2.11. The molecule has 0 radical (unpaired) electrons. The second-order valence-corrected chi connectivity index (χ2v) is 6.40. The molecule has 0 aliphatic heterocycles. The van der Waals surface area contributed by atoms with Gasteiger partial charge in [0.1, 0.15) is 5.75 Å². The molecule has 0 saturated carbocycles. The van der Waals surface area contributed by atoms with Crippen LogP contribution in [-0.4, -0.2) is 24.8 Å². The van der Waals surface area contributed by atoms with Gasteiger partial charge >= 0.3 is 5.97 Å². The molecule has 1 aromatic heterocycles. The monoisotopic (exact) mass is 335 g/mol. The van der Waals surface area contributed by atoms with Gasteiger partial charge in [-0.2, -0.15) is 0 Å². The number of carbonyl (C=O) groups is 1. The van der Waals surface area contributed by atoms with E-state index in [1.807, 2.05) is 18.2 Å². The van der Waals surface area contributed by atoms with E-state index in [2.05, 4.69) is 34.9 Å². The van der Waals surface area contributed by atoms with E-state index in [1.165, 1.54) is 18.4 Å². The van der Waals surface area contributed by atoms with Gasteiger partial charge in [-0.05, 0) is 36.1 Å². The first-order valence-corrected chi connectivity index (χ1v) is 8.54. The van der Waals surface area contributed by atoms with Crippen LogP contribution < -0.4 is 4.74 Å². The minimum Gasteiger partial charge on any atom is -0.496 e. The number of aromatic nitrogens is 1. The van der Waals surface area contributed by atoms with Crippen LogP contribution in [-0.2, 0) is 22.5 Å². The lowest BCUT2D eigenvalue weighted by Crippen LogP contribution is -2.11. The van der Waals surface area contributed by atoms with Crippen molar-refractivity contribution in [2.45, 2.75) is 25.3 Å². The summed E-state index contributed by atoms with van der Waals surface area (Å²) in [6.07, 6.45) is 1.67. The molecular formula is C21H21NO3. The van der Waals surface area contributed by atoms with E-state index in [9.17, 15) is 4.79 Å². The third-order valence-electron chi connectivity index (χ3n) is 5.11. The first-order valence-electron chi connectivity index (χ1n) is 8.54. The maximum atomic E-state index is 12.3. The highest BCUT2D eigenvalue weighted by molar-refractivity contribution is 5.96. The molecule has 1 atom stereocenters. The molecule has 1 aliphatic rings. The Bertz CT molecular complexity index is 927. The van der Waals surface area contributed by atoms with Gasteiger partial charge in [0.15, 0.2) is 0 Å². The third-order valence-corrected chi connectivity index (χ3v) is 5.11. The number of esters is 1. The van der Waals surface area contributed by atoms with Crippen molar-refractivity contribution in [3.8, 4) is 5.75 Å². The van der Waals surface area contributed by atoms with Crippen LogP contribution in [0.2, 0.25) is 0 Å². The second kappa shape index (κ2) is 6.28. The summed E-state index contributed by atoms with van der Waals surface area (Å²) >= 11 is 0. The van der Waals surface area contributed by atoms with Crippen LogP contribution in [0.25, 0.3) is 10.9 Å². The molecule has 0 bridgehead atoms. The Balaban J connectivity index is 1.94. The van der Waals surface area contributed by atoms with Crippen LogP contribution in [0, 0.1) is 0 Å². The largest absolute Gasteiger partial charge is 0.496 e. The minimum atomic E-state index is -0.212. The maximum absolute atomic E-state index is 12.3. The Morgan fingerprint density at radius 1 is 1.12 bits per heavy atom. The van der Waals surface area contributed by atoms with E-state index in [-0.39, 0.29) is 11.9 Å². The lowest BCUT2D eigenvalue weighted by molar-refractivity contribution is -0.142. The number of ether oxygens (including phenoxy) is 2. The molecule has 0 amide bonds. The summed E-state index contributed by atoms with van der Waals surface area (Å²) in [5, 5.41) is 1.05. The summed E-state index contributed by atoms with van der Waals surface area (Å²) in [4.78, 5) is 12.3. The van der Waals surface area contributed by atoms with E-state index in [0.29, 0.717) is 0 Å². The first-order chi connectivity index (χ1) is 12.2. The van der Waals surface area contributed by atoms with Gasteiger partial charge in [-0.1, -0.05) is 36.4 Å². The van der Waals surface area contributed by atoms with Crippen molar-refractivity contribution in [1.29, 1.82) is 0 Å². The quantitative estimate of drug-likeness (QED) is 0.679. The van der Waals surface area contributed by atoms with E-state index >= 15 is 0 Å². The summed E-state index contributed by atoms with van der Waals surface area (Å²) in [6, 6.07) is 16.5. The number of fused-ring (bicyclic) bond motifs is 3. The predicted molar refractivity (Wildman–Crippen MR) is 97.1 cm³/mol. The molecule has 2 aromatic carbocycles. The van der Waals surface area contributed by atoms with Crippen LogP contribution >= 0.6 is 0 Å². The average Bonchev–Trinajstić information content (AvgIpc) is 3.21. The molecule has 4 nitrogen and oxygen atoms in total. The van der Waals surface area contributed by atoms with E-state index in [1.54, 1.807) is 7.11 Å². The van der Waals surface area contributed by atoms with Crippen LogP contribution in [0.3, 0.4) is 0 Å². The molecule has 128 valence electrons. The van der Waals surface area contributed by atoms with E-state index in [4.69, 9.17) is 9.47 Å². The molecule has 1 unspecified atom stereocenters. The Hall–Kier alpha value is -2.75. The number of nitrogens with zero attached hydrogens (tertiary/aromatic N) is 1. The number of hydrogen-bond acceptors (Lipinski definition) is 3. The lowest BCUT2D eigenvalue weighted by atomic mass is 10.00. The summed E-state index contributed by atoms with van der Waals surface area (Å²) in [5.74, 6) is 0.440. The zero-order chi connectivity index (χ0) is 17.4. The van der Waals surface area contributed by atoms with E-state index in [0.717, 1.165) is 41.6 Å². The van der Waals surface area contributed by atoms with Crippen LogP contribution in [0.1, 0.15) is 29.2 Å². The number of rotatable bonds is 4. The minimum absolute atomic E-state index is 0.164. The second-order valence-electron chi connectivity index (χ2n) is 6.40. The molecule has 0 saturated heterocycles. The van der Waals surface area contributed by atoms with Gasteiger partial charge in [0, 0.05) is 17.6 Å². The average molecular weight is 335 g/mol. The highest BCUT2D eigenvalue weighted by Crippen LogP contribution is 2.44. The number of benzene rings is 2. The molecular weight excluding hydrogens is 314 g/mol. The Morgan fingerprint density at radius 2 is 1.92 bits per heavy atom. The Morgan fingerprint density at radius 3 is 2.64 bits per heavy atom. The van der Waals surface area contributed by atoms with Gasteiger partial charge in [-0.3, -0.25) is 4.79 Å². The summed E-state index contributed by atoms with van der Waals surface area (Å²) in [7, 11) is 3.14. The van der Waals surface area contributed by atoms with Gasteiger partial charge < -0.3 is 14.0 Å². The van der Waals surface area contributed by atoms with Crippen LogP contribution in [0.4, 0.5) is 0 Å². The normalized spacial score (nSPS) is 16.0. The van der Waals surface area contributed by atoms with Crippen molar-refractivity contribution in [1.82, 2.24) is 4.57 Å². The van der Waals surface area contributed by atoms with Gasteiger partial charge in [-0.15, -0.1) is 0 Å². The van der Waals surface area contributed by atoms with Gasteiger partial charge in [0.2, 0.25) is 0 Å². The summed E-state index contributed by atoms with van der Waals surface area (Å²) in [5.41, 5.74) is 4.65. The highest BCUT2D eigenvalue weighted by Gasteiger charge is 2.36. The van der Waals surface area contributed by atoms with Crippen molar-refractivity contribution >= 4 is 16.9 Å². The van der Waals surface area contributed by atoms with Crippen molar-refractivity contribution in [2.75, 3.05) is 14.2 Å². The maximum Gasteiger partial charge on any atom is 0.313 e. The van der Waals surface area contributed by atoms with Gasteiger partial charge in [0.25, 0.3) is 0 Å². The fraction of sp³-hybridized carbons (Fsp3) is 0.286. The standard InChI is InChI=1S/C21H21NO3/c1-24-18-10-6-9-16-20(18)19-15(21(23)25-2)11-12-17(19)22(16)13-14-7-4-3-5-8-14/h3-10,15H,11-13H2,1-2H3. The van der Waals surface area contributed by atoms with Crippen molar-refractivity contribution < 1.29 is 14.3 Å². The molecule has 3 aromatic rings. The molecule has 25 heavy (non-hydrogen) atoms. The van der Waals surface area contributed by atoms with Gasteiger partial charge in [-0.25, -0.2) is 0 Å². The topological polar surface area (TPSA) is 40.5 Å². The molecule has 1 aliphatic carbocycles. The zero-order valence-corrected chi connectivity index (χ0v) is 14.5. The van der Waals surface area contributed by atoms with Crippen molar-refractivity contribution in [3.05, 3.63) is 65.4 Å². The first kappa shape index (κ1) is 15.8. The van der Waals surface area contributed by atoms with E-state index < -0.39 is 0 Å². The molecule has 0 fully saturated rings. The van der Waals surface area contributed by atoms with Crippen molar-refractivity contribution in [3.63, 3.8) is 0 Å². The third kappa shape index (κ3) is 2.49. The zero-order valence-electron chi connectivity index (χ0n) is 14.5. The number of hydrogen-bond donors (Lipinski definition) is 0. The summed E-state index contributed by atoms with van der Waals surface area (Å²) < 4.78 is 13.0. The predicted octanol–water partition coefficient (Wildman–Crippen LogP) is 3.90. The molecule has 0 N–H and O–H groups in total. The Labute approximate surface area is 147 Å². The van der Waals surface area contributed by atoms with Crippen molar-refractivity contribution in [2.24, 2.45) is 0 Å². The van der Waals surface area contributed by atoms with Crippen LogP contribution in [0.5, 0.6) is 5.75 Å². The molecule has 1 heterocycles. The molecule has 0 spiro atoms. The summed E-state index contributed by atoms with van der Waals surface area (Å²) in [6.45, 7) is 0.785. The molecule has 4 rings (SSSR count). The SMILES string of the molecule is COC(=O)C1CCc2c1c1c(OC)cccc1n2Cc1ccccc1. The fourth-order valence-electron chi connectivity index (χ4n) is 4.02. The fourth-order valence-corrected chi connectivity index (χ4v) is 4.02. The van der Waals surface area contributed by atoms with Gasteiger partial charge in [0.05, 0.1) is 25.7 Å². The number of carbonyl (C=O) groups excluding carboxylic acids is 1. The van der Waals surface area contributed by atoms with Crippen LogP contribution in [0.15, 0.2) is 48.5 Å². The Kier molecular flexibility index (Phi) is 3.96. The molecule has 4 heteroatoms. The smallest absolute Gasteiger partial charge is 0.313 e.